The highest BCUT2D eigenvalue weighted by molar-refractivity contribution is 5.83. The third-order valence-electron chi connectivity index (χ3n) is 8.59. The van der Waals surface area contributed by atoms with Gasteiger partial charge in [0.25, 0.3) is 0 Å². The number of aromatic amines is 1. The number of nitrogens with one attached hydrogen (secondary N) is 2. The minimum absolute atomic E-state index is 0.0337. The molecule has 2 aromatic heterocycles. The van der Waals surface area contributed by atoms with E-state index in [0.29, 0.717) is 18.5 Å². The number of carbonyl (C=O) groups excluding carboxylic acids is 1. The number of aliphatic hydroxyl groups is 3. The predicted octanol–water partition coefficient (Wildman–Crippen LogP) is 1.81. The molecule has 0 amide bonds. The van der Waals surface area contributed by atoms with Crippen molar-refractivity contribution in [1.82, 2.24) is 10.3 Å². The van der Waals surface area contributed by atoms with Gasteiger partial charge in [0.15, 0.2) is 29.0 Å². The Labute approximate surface area is 263 Å². The third-order valence-corrected chi connectivity index (χ3v) is 8.59. The molecule has 1 aliphatic rings. The molecule has 0 spiro atoms. The highest BCUT2D eigenvalue weighted by atomic mass is 16.7. The maximum Gasteiger partial charge on any atom is 0.335 e. The fraction of sp³-hybridized carbons (Fsp3) is 0.364. The minimum Gasteiger partial charge on any atom is -0.508 e. The van der Waals surface area contributed by atoms with E-state index in [4.69, 9.17) is 13.9 Å². The van der Waals surface area contributed by atoms with Gasteiger partial charge in [-0.05, 0) is 66.3 Å². The second-order valence-electron chi connectivity index (χ2n) is 11.9. The molecule has 0 radical (unpaired) electrons. The summed E-state index contributed by atoms with van der Waals surface area (Å²) in [7, 11) is 0. The zero-order valence-electron chi connectivity index (χ0n) is 25.1. The van der Waals surface area contributed by atoms with E-state index in [1.165, 1.54) is 36.6 Å². The lowest BCUT2D eigenvalue weighted by Crippen LogP contribution is -2.79. The first-order valence-electron chi connectivity index (χ1n) is 14.7. The van der Waals surface area contributed by atoms with Gasteiger partial charge in [0.2, 0.25) is 6.29 Å². The SMILES string of the molecule is CC(C)C(CNCC1(O)C(Oc2ccc3c(=O)c(-c4ccc(O)cc4)coc3c2)OC(C(=O)O)C(O)C1(O)C=O)Cc1cc[nH]c1. The summed E-state index contributed by atoms with van der Waals surface area (Å²) in [6.07, 6.45) is -0.983. The molecule has 6 unspecified atom stereocenters. The summed E-state index contributed by atoms with van der Waals surface area (Å²) >= 11 is 0. The van der Waals surface area contributed by atoms with Gasteiger partial charge < -0.3 is 49.7 Å². The van der Waals surface area contributed by atoms with E-state index in [0.717, 1.165) is 5.56 Å². The number of aliphatic hydroxyl groups excluding tert-OH is 1. The summed E-state index contributed by atoms with van der Waals surface area (Å²) in [4.78, 5) is 40.5. The molecular weight excluding hydrogens is 600 g/mol. The van der Waals surface area contributed by atoms with Crippen molar-refractivity contribution in [1.29, 1.82) is 0 Å². The highest BCUT2D eigenvalue weighted by Crippen LogP contribution is 2.39. The number of rotatable bonds is 12. The van der Waals surface area contributed by atoms with Crippen molar-refractivity contribution in [2.24, 2.45) is 11.8 Å². The molecule has 46 heavy (non-hydrogen) atoms. The Kier molecular flexibility index (Phi) is 9.33. The molecule has 5 rings (SSSR count). The summed E-state index contributed by atoms with van der Waals surface area (Å²) < 4.78 is 17.0. The number of fused-ring (bicyclic) bond motifs is 1. The van der Waals surface area contributed by atoms with E-state index < -0.39 is 42.2 Å². The summed E-state index contributed by atoms with van der Waals surface area (Å²) in [5.41, 5.74) is -4.20. The van der Waals surface area contributed by atoms with Crippen LogP contribution in [0.1, 0.15) is 19.4 Å². The number of aliphatic carboxylic acids is 1. The third kappa shape index (κ3) is 6.15. The van der Waals surface area contributed by atoms with Crippen LogP contribution in [0.3, 0.4) is 0 Å². The Bertz CT molecular complexity index is 1740. The van der Waals surface area contributed by atoms with Crippen LogP contribution in [0.15, 0.2) is 76.4 Å². The number of ether oxygens (including phenoxy) is 2. The molecule has 1 saturated heterocycles. The van der Waals surface area contributed by atoms with Gasteiger partial charge in [0, 0.05) is 25.0 Å². The van der Waals surface area contributed by atoms with Crippen LogP contribution in [0, 0.1) is 11.8 Å². The number of hydrogen-bond acceptors (Lipinski definition) is 11. The summed E-state index contributed by atoms with van der Waals surface area (Å²) in [5.74, 6) is -1.47. The minimum atomic E-state index is -3.03. The number of H-pyrrole nitrogens is 1. The number of carbonyl (C=O) groups is 2. The first-order chi connectivity index (χ1) is 21.9. The number of hydrogen-bond donors (Lipinski definition) is 7. The smallest absolute Gasteiger partial charge is 0.335 e. The van der Waals surface area contributed by atoms with Crippen molar-refractivity contribution in [3.63, 3.8) is 0 Å². The summed E-state index contributed by atoms with van der Waals surface area (Å²) in [5, 5.41) is 56.5. The molecular formula is C33H36N2O11. The Morgan fingerprint density at radius 2 is 1.89 bits per heavy atom. The van der Waals surface area contributed by atoms with Gasteiger partial charge in [-0.1, -0.05) is 26.0 Å². The van der Waals surface area contributed by atoms with Crippen molar-refractivity contribution in [2.45, 2.75) is 50.0 Å². The van der Waals surface area contributed by atoms with E-state index in [1.54, 1.807) is 18.3 Å². The van der Waals surface area contributed by atoms with Gasteiger partial charge in [-0.2, -0.15) is 0 Å². The number of aromatic hydroxyl groups is 1. The van der Waals surface area contributed by atoms with Crippen LogP contribution in [0.25, 0.3) is 22.1 Å². The van der Waals surface area contributed by atoms with Gasteiger partial charge in [0.1, 0.15) is 29.4 Å². The van der Waals surface area contributed by atoms with Crippen molar-refractivity contribution in [3.8, 4) is 22.6 Å². The van der Waals surface area contributed by atoms with Crippen LogP contribution in [-0.4, -0.2) is 85.6 Å². The molecule has 0 aliphatic carbocycles. The number of aldehydes is 1. The van der Waals surface area contributed by atoms with Gasteiger partial charge in [-0.15, -0.1) is 0 Å². The highest BCUT2D eigenvalue weighted by Gasteiger charge is 2.67. The van der Waals surface area contributed by atoms with Crippen LogP contribution >= 0.6 is 0 Å². The first-order valence-corrected chi connectivity index (χ1v) is 14.7. The Balaban J connectivity index is 1.44. The Hall–Kier alpha value is -4.53. The first kappa shape index (κ1) is 32.9. The van der Waals surface area contributed by atoms with Gasteiger partial charge in [0.05, 0.1) is 10.9 Å². The normalized spacial score (nSPS) is 25.4. The number of carboxylic acids is 1. The molecule has 13 heteroatoms. The fourth-order valence-corrected chi connectivity index (χ4v) is 5.64. The molecule has 0 bridgehead atoms. The second-order valence-corrected chi connectivity index (χ2v) is 11.9. The largest absolute Gasteiger partial charge is 0.508 e. The molecule has 7 N–H and O–H groups in total. The molecule has 1 aliphatic heterocycles. The summed E-state index contributed by atoms with van der Waals surface area (Å²) in [6, 6.07) is 12.0. The van der Waals surface area contributed by atoms with E-state index in [1.807, 2.05) is 26.1 Å². The van der Waals surface area contributed by atoms with Gasteiger partial charge in [-0.25, -0.2) is 4.79 Å². The van der Waals surface area contributed by atoms with Crippen molar-refractivity contribution in [3.05, 3.63) is 83.0 Å². The average Bonchev–Trinajstić information content (AvgIpc) is 3.55. The standard InChI is InChI=1S/C33H36N2O11/c1-18(2)21(11-19-9-10-34-13-19)14-35-16-32(42)31(46-28(30(40)41)29(39)33(32,43)17-36)45-23-7-8-24-26(12-23)44-15-25(27(24)38)20-3-5-22(37)6-4-20/h3-10,12-13,15,17-18,21,28-29,31,34-35,37,39,42-43H,11,14,16H2,1-2H3,(H,40,41). The molecule has 4 aromatic rings. The van der Waals surface area contributed by atoms with Crippen molar-refractivity contribution < 1.29 is 49.0 Å². The number of carboxylic acid groups (broad SMARTS) is 1. The predicted molar refractivity (Wildman–Crippen MR) is 164 cm³/mol. The number of benzene rings is 2. The molecule has 1 fully saturated rings. The lowest BCUT2D eigenvalue weighted by Gasteiger charge is -2.51. The Morgan fingerprint density at radius 3 is 2.52 bits per heavy atom. The van der Waals surface area contributed by atoms with Gasteiger partial charge >= 0.3 is 5.97 Å². The topological polar surface area (TPSA) is 212 Å². The number of phenolic OH excluding ortho intramolecular Hbond substituents is 1. The molecule has 244 valence electrons. The fourth-order valence-electron chi connectivity index (χ4n) is 5.64. The number of phenols is 1. The quantitative estimate of drug-likeness (QED) is 0.111. The van der Waals surface area contributed by atoms with Gasteiger partial charge in [-0.3, -0.25) is 9.59 Å². The number of aromatic nitrogens is 1. The van der Waals surface area contributed by atoms with E-state index in [9.17, 15) is 39.9 Å². The van der Waals surface area contributed by atoms with Crippen LogP contribution < -0.4 is 15.5 Å². The maximum atomic E-state index is 13.2. The second kappa shape index (κ2) is 13.1. The molecule has 2 aromatic carbocycles. The zero-order valence-corrected chi connectivity index (χ0v) is 25.1. The van der Waals surface area contributed by atoms with Crippen LogP contribution in [0.4, 0.5) is 0 Å². The molecule has 13 nitrogen and oxygen atoms in total. The van der Waals surface area contributed by atoms with Crippen LogP contribution in [0.2, 0.25) is 0 Å². The van der Waals surface area contributed by atoms with E-state index >= 15 is 0 Å². The summed E-state index contributed by atoms with van der Waals surface area (Å²) in [6.45, 7) is 3.83. The van der Waals surface area contributed by atoms with Crippen molar-refractivity contribution in [2.75, 3.05) is 13.1 Å². The Morgan fingerprint density at radius 1 is 1.15 bits per heavy atom. The molecule has 0 saturated carbocycles. The molecule has 6 atom stereocenters. The monoisotopic (exact) mass is 636 g/mol. The van der Waals surface area contributed by atoms with Crippen LogP contribution in [-0.2, 0) is 20.7 Å². The lowest BCUT2D eigenvalue weighted by molar-refractivity contribution is -0.334. The van der Waals surface area contributed by atoms with Crippen LogP contribution in [0.5, 0.6) is 11.5 Å². The average molecular weight is 637 g/mol. The zero-order chi connectivity index (χ0) is 33.2. The van der Waals surface area contributed by atoms with E-state index in [2.05, 4.69) is 10.3 Å². The maximum absolute atomic E-state index is 13.2. The molecule has 3 heterocycles. The van der Waals surface area contributed by atoms with E-state index in [-0.39, 0.29) is 51.6 Å². The lowest BCUT2D eigenvalue weighted by atomic mass is 9.74. The van der Waals surface area contributed by atoms with Crippen molar-refractivity contribution >= 4 is 23.2 Å².